The number of nitrogens with zero attached hydrogens (tertiary/aromatic N) is 1. The summed E-state index contributed by atoms with van der Waals surface area (Å²) in [6.07, 6.45) is 7.84. The number of rotatable bonds is 15. The first-order valence-electron chi connectivity index (χ1n) is 11.9. The van der Waals surface area contributed by atoms with E-state index in [9.17, 15) is 9.59 Å². The Labute approximate surface area is 220 Å². The van der Waals surface area contributed by atoms with Gasteiger partial charge in [0.1, 0.15) is 4.32 Å². The fraction of sp³-hybridized carbons (Fsp3) is 0.560. The van der Waals surface area contributed by atoms with Gasteiger partial charge in [-0.3, -0.25) is 14.5 Å². The molecular weight excluding hydrogens is 538 g/mol. The summed E-state index contributed by atoms with van der Waals surface area (Å²) < 4.78 is 18.1. The van der Waals surface area contributed by atoms with E-state index < -0.39 is 0 Å². The molecule has 0 saturated carbocycles. The van der Waals surface area contributed by atoms with Crippen LogP contribution in [0.5, 0.6) is 11.5 Å². The average Bonchev–Trinajstić information content (AvgIpc) is 3.05. The zero-order valence-electron chi connectivity index (χ0n) is 20.2. The third-order valence-corrected chi connectivity index (χ3v) is 7.03. The molecule has 1 heterocycles. The van der Waals surface area contributed by atoms with Gasteiger partial charge in [-0.05, 0) is 72.8 Å². The summed E-state index contributed by atoms with van der Waals surface area (Å²) in [6.45, 7) is 7.98. The second-order valence-electron chi connectivity index (χ2n) is 7.77. The van der Waals surface area contributed by atoms with Crippen molar-refractivity contribution in [3.8, 4) is 11.5 Å². The van der Waals surface area contributed by atoms with E-state index in [1.165, 1.54) is 11.8 Å². The summed E-state index contributed by atoms with van der Waals surface area (Å²) in [6, 6.07) is 3.82. The van der Waals surface area contributed by atoms with E-state index in [0.717, 1.165) is 48.6 Å². The van der Waals surface area contributed by atoms with Crippen LogP contribution in [0, 0.1) is 0 Å². The van der Waals surface area contributed by atoms with Gasteiger partial charge in [-0.2, -0.15) is 0 Å². The van der Waals surface area contributed by atoms with Crippen LogP contribution in [0.2, 0.25) is 0 Å². The first kappa shape index (κ1) is 28.7. The summed E-state index contributed by atoms with van der Waals surface area (Å²) in [5.41, 5.74) is 0.839. The number of thiocarbonyl (C=S) groups is 1. The van der Waals surface area contributed by atoms with Crippen molar-refractivity contribution in [3.05, 3.63) is 27.1 Å². The molecule has 0 atom stereocenters. The molecule has 0 aliphatic carbocycles. The molecule has 0 spiro atoms. The van der Waals surface area contributed by atoms with Crippen LogP contribution in [0.4, 0.5) is 0 Å². The highest BCUT2D eigenvalue weighted by atomic mass is 79.9. The SMILES string of the molecule is CCCCCOc1c(Br)cc(/C=C2\SC(=S)N(CCCCCC(=O)OCC)C2=O)cc1OCC. The van der Waals surface area contributed by atoms with Gasteiger partial charge < -0.3 is 14.2 Å². The highest BCUT2D eigenvalue weighted by molar-refractivity contribution is 9.10. The Bertz CT molecular complexity index is 890. The fourth-order valence-corrected chi connectivity index (χ4v) is 5.28. The Balaban J connectivity index is 2.02. The highest BCUT2D eigenvalue weighted by Crippen LogP contribution is 2.39. The van der Waals surface area contributed by atoms with Gasteiger partial charge in [-0.1, -0.05) is 50.2 Å². The number of carbonyl (C=O) groups is 2. The Kier molecular flexibility index (Phi) is 13.0. The van der Waals surface area contributed by atoms with E-state index in [4.69, 9.17) is 26.4 Å². The zero-order valence-corrected chi connectivity index (χ0v) is 23.4. The Morgan fingerprint density at radius 1 is 1.09 bits per heavy atom. The molecule has 34 heavy (non-hydrogen) atoms. The number of hydrogen-bond acceptors (Lipinski definition) is 7. The van der Waals surface area contributed by atoms with E-state index in [-0.39, 0.29) is 11.9 Å². The van der Waals surface area contributed by atoms with Crippen LogP contribution >= 0.6 is 39.9 Å². The topological polar surface area (TPSA) is 65.1 Å². The van der Waals surface area contributed by atoms with Crippen molar-refractivity contribution in [2.45, 2.75) is 65.7 Å². The molecule has 6 nitrogen and oxygen atoms in total. The number of amides is 1. The van der Waals surface area contributed by atoms with Gasteiger partial charge in [-0.15, -0.1) is 0 Å². The number of ether oxygens (including phenoxy) is 3. The third kappa shape index (κ3) is 8.89. The quantitative estimate of drug-likeness (QED) is 0.0998. The van der Waals surface area contributed by atoms with E-state index in [2.05, 4.69) is 22.9 Å². The summed E-state index contributed by atoms with van der Waals surface area (Å²) >= 11 is 10.4. The van der Waals surface area contributed by atoms with Crippen molar-refractivity contribution in [3.63, 3.8) is 0 Å². The minimum absolute atomic E-state index is 0.0885. The summed E-state index contributed by atoms with van der Waals surface area (Å²) in [4.78, 5) is 26.6. The smallest absolute Gasteiger partial charge is 0.305 e. The minimum Gasteiger partial charge on any atom is -0.490 e. The second-order valence-corrected chi connectivity index (χ2v) is 10.3. The number of hydrogen-bond donors (Lipinski definition) is 0. The van der Waals surface area contributed by atoms with Crippen LogP contribution in [0.15, 0.2) is 21.5 Å². The van der Waals surface area contributed by atoms with E-state index in [1.54, 1.807) is 11.8 Å². The van der Waals surface area contributed by atoms with Gasteiger partial charge >= 0.3 is 5.97 Å². The number of unbranched alkanes of at least 4 members (excludes halogenated alkanes) is 4. The molecule has 1 aromatic rings. The number of thioether (sulfide) groups is 1. The van der Waals surface area contributed by atoms with Crippen molar-refractivity contribution in [2.75, 3.05) is 26.4 Å². The molecule has 1 aliphatic heterocycles. The van der Waals surface area contributed by atoms with Crippen molar-refractivity contribution < 1.29 is 23.8 Å². The van der Waals surface area contributed by atoms with Crippen LogP contribution < -0.4 is 9.47 Å². The molecule has 1 fully saturated rings. The third-order valence-electron chi connectivity index (χ3n) is 5.07. The standard InChI is InChI=1S/C25H34BrNO5S2/c1-4-7-11-14-32-23-19(26)15-18(16-20(23)30-5-2)17-21-24(29)27(25(33)34-21)13-10-8-9-12-22(28)31-6-3/h15-17H,4-14H2,1-3H3/b21-17-. The lowest BCUT2D eigenvalue weighted by molar-refractivity contribution is -0.143. The predicted molar refractivity (Wildman–Crippen MR) is 145 cm³/mol. The van der Waals surface area contributed by atoms with Crippen LogP contribution in [-0.4, -0.2) is 47.5 Å². The first-order chi connectivity index (χ1) is 16.4. The lowest BCUT2D eigenvalue weighted by Crippen LogP contribution is -2.29. The largest absolute Gasteiger partial charge is 0.490 e. The number of carbonyl (C=O) groups excluding carboxylic acids is 2. The Morgan fingerprint density at radius 3 is 2.59 bits per heavy atom. The molecule has 1 saturated heterocycles. The maximum atomic E-state index is 13.0. The van der Waals surface area contributed by atoms with Crippen LogP contribution in [-0.2, 0) is 14.3 Å². The zero-order chi connectivity index (χ0) is 24.9. The fourth-order valence-electron chi connectivity index (χ4n) is 3.39. The summed E-state index contributed by atoms with van der Waals surface area (Å²) in [5, 5.41) is 0. The molecule has 0 N–H and O–H groups in total. The van der Waals surface area contributed by atoms with Gasteiger partial charge in [-0.25, -0.2) is 0 Å². The van der Waals surface area contributed by atoms with Gasteiger partial charge in [0.2, 0.25) is 0 Å². The van der Waals surface area contributed by atoms with Gasteiger partial charge in [0, 0.05) is 13.0 Å². The molecule has 1 amide bonds. The normalized spacial score (nSPS) is 14.7. The number of halogens is 1. The van der Waals surface area contributed by atoms with Crippen LogP contribution in [0.25, 0.3) is 6.08 Å². The minimum atomic E-state index is -0.175. The Morgan fingerprint density at radius 2 is 1.88 bits per heavy atom. The van der Waals surface area contributed by atoms with Crippen LogP contribution in [0.3, 0.4) is 0 Å². The van der Waals surface area contributed by atoms with Gasteiger partial charge in [0.15, 0.2) is 11.5 Å². The van der Waals surface area contributed by atoms with E-state index in [0.29, 0.717) is 53.5 Å². The lowest BCUT2D eigenvalue weighted by atomic mass is 10.1. The average molecular weight is 573 g/mol. The van der Waals surface area contributed by atoms with Crippen molar-refractivity contribution in [1.29, 1.82) is 0 Å². The van der Waals surface area contributed by atoms with Gasteiger partial charge in [0.25, 0.3) is 5.91 Å². The van der Waals surface area contributed by atoms with E-state index in [1.807, 2.05) is 25.1 Å². The van der Waals surface area contributed by atoms with Crippen molar-refractivity contribution in [1.82, 2.24) is 4.90 Å². The number of esters is 1. The van der Waals surface area contributed by atoms with Gasteiger partial charge in [0.05, 0.1) is 29.2 Å². The molecule has 0 unspecified atom stereocenters. The lowest BCUT2D eigenvalue weighted by Gasteiger charge is -2.15. The number of benzene rings is 1. The molecule has 0 radical (unpaired) electrons. The maximum Gasteiger partial charge on any atom is 0.305 e. The molecule has 1 aliphatic rings. The Hall–Kier alpha value is -1.58. The molecule has 2 rings (SSSR count). The molecular formula is C25H34BrNO5S2. The predicted octanol–water partition coefficient (Wildman–Crippen LogP) is 6.74. The highest BCUT2D eigenvalue weighted by Gasteiger charge is 2.31. The van der Waals surface area contributed by atoms with Crippen molar-refractivity contribution >= 4 is 62.2 Å². The molecule has 0 aromatic heterocycles. The maximum absolute atomic E-state index is 13.0. The van der Waals surface area contributed by atoms with Crippen LogP contribution in [0.1, 0.15) is 71.3 Å². The summed E-state index contributed by atoms with van der Waals surface area (Å²) in [7, 11) is 0. The summed E-state index contributed by atoms with van der Waals surface area (Å²) in [5.74, 6) is 1.07. The monoisotopic (exact) mass is 571 g/mol. The first-order valence-corrected chi connectivity index (χ1v) is 13.9. The van der Waals surface area contributed by atoms with E-state index >= 15 is 0 Å². The molecule has 0 bridgehead atoms. The molecule has 9 heteroatoms. The molecule has 188 valence electrons. The molecule has 1 aromatic carbocycles. The van der Waals surface area contributed by atoms with Crippen molar-refractivity contribution in [2.24, 2.45) is 0 Å². The second kappa shape index (κ2) is 15.4.